The number of hydrazine groups is 1. The first-order chi connectivity index (χ1) is 15.9. The summed E-state index contributed by atoms with van der Waals surface area (Å²) in [5.74, 6) is -0.525. The fourth-order valence-electron chi connectivity index (χ4n) is 3.02. The molecule has 0 spiro atoms. The van der Waals surface area contributed by atoms with Gasteiger partial charge in [-0.25, -0.2) is 12.7 Å². The van der Waals surface area contributed by atoms with Gasteiger partial charge in [0.25, 0.3) is 5.91 Å². The second-order valence-electron chi connectivity index (χ2n) is 8.01. The van der Waals surface area contributed by atoms with Crippen molar-refractivity contribution in [2.75, 3.05) is 13.6 Å². The van der Waals surface area contributed by atoms with Crippen LogP contribution in [0.4, 0.5) is 0 Å². The zero-order chi connectivity index (χ0) is 25.5. The molecule has 0 radical (unpaired) electrons. The number of nitrogens with zero attached hydrogens (tertiary/aromatic N) is 1. The molecule has 0 saturated carbocycles. The number of ketones is 1. The van der Waals surface area contributed by atoms with E-state index >= 15 is 0 Å². The molecule has 2 aromatic rings. The first-order valence-corrected chi connectivity index (χ1v) is 12.3. The third-order valence-corrected chi connectivity index (χ3v) is 7.27. The van der Waals surface area contributed by atoms with E-state index in [4.69, 9.17) is 4.74 Å². The summed E-state index contributed by atoms with van der Waals surface area (Å²) in [6, 6.07) is 11.2. The Labute approximate surface area is 200 Å². The molecule has 184 valence electrons. The van der Waals surface area contributed by atoms with Gasteiger partial charge in [-0.1, -0.05) is 24.3 Å². The van der Waals surface area contributed by atoms with Crippen LogP contribution >= 0.6 is 0 Å². The maximum atomic E-state index is 12.6. The number of amides is 2. The van der Waals surface area contributed by atoms with Crippen LogP contribution in [0.5, 0.6) is 5.75 Å². The molecule has 34 heavy (non-hydrogen) atoms. The first-order valence-electron chi connectivity index (χ1n) is 10.8. The van der Waals surface area contributed by atoms with E-state index in [1.54, 1.807) is 13.0 Å². The van der Waals surface area contributed by atoms with Gasteiger partial charge in [0, 0.05) is 25.6 Å². The Bertz CT molecular complexity index is 1150. The van der Waals surface area contributed by atoms with Crippen molar-refractivity contribution in [2.45, 2.75) is 51.5 Å². The minimum absolute atomic E-state index is 0.00956. The van der Waals surface area contributed by atoms with Crippen molar-refractivity contribution >= 4 is 27.6 Å². The summed E-state index contributed by atoms with van der Waals surface area (Å²) in [7, 11) is -2.33. The fraction of sp³-hybridized carbons (Fsp3) is 0.375. The molecule has 0 saturated heterocycles. The van der Waals surface area contributed by atoms with Crippen LogP contribution in [-0.4, -0.2) is 50.0 Å². The molecule has 1 atom stereocenters. The molecule has 2 aromatic carbocycles. The van der Waals surface area contributed by atoms with Crippen LogP contribution in [0.3, 0.4) is 0 Å². The number of carbonyl (C=O) groups is 3. The summed E-state index contributed by atoms with van der Waals surface area (Å²) in [6.07, 6.45) is -0.570. The number of nitrogens with one attached hydrogen (secondary N) is 2. The molecule has 0 heterocycles. The van der Waals surface area contributed by atoms with E-state index in [1.807, 2.05) is 26.0 Å². The number of hydrogen-bond acceptors (Lipinski definition) is 6. The highest BCUT2D eigenvalue weighted by Crippen LogP contribution is 2.21. The van der Waals surface area contributed by atoms with E-state index in [0.717, 1.165) is 15.4 Å². The highest BCUT2D eigenvalue weighted by atomic mass is 32.2. The summed E-state index contributed by atoms with van der Waals surface area (Å²) in [6.45, 7) is 6.92. The van der Waals surface area contributed by atoms with E-state index in [2.05, 4.69) is 10.9 Å². The largest absolute Gasteiger partial charge is 0.481 e. The van der Waals surface area contributed by atoms with Crippen molar-refractivity contribution in [1.82, 2.24) is 15.2 Å². The third kappa shape index (κ3) is 7.13. The van der Waals surface area contributed by atoms with Crippen molar-refractivity contribution in [1.29, 1.82) is 0 Å². The van der Waals surface area contributed by atoms with Crippen molar-refractivity contribution in [3.05, 3.63) is 59.2 Å². The molecule has 2 rings (SSSR count). The molecule has 2 N–H and O–H groups in total. The molecule has 0 fully saturated rings. The second-order valence-corrected chi connectivity index (χ2v) is 10.1. The molecular weight excluding hydrogens is 458 g/mol. The van der Waals surface area contributed by atoms with Gasteiger partial charge in [0.1, 0.15) is 5.75 Å². The van der Waals surface area contributed by atoms with Gasteiger partial charge in [0.05, 0.1) is 4.90 Å². The third-order valence-electron chi connectivity index (χ3n) is 5.40. The van der Waals surface area contributed by atoms with Crippen molar-refractivity contribution in [3.8, 4) is 5.75 Å². The maximum Gasteiger partial charge on any atom is 0.279 e. The van der Waals surface area contributed by atoms with E-state index in [-0.39, 0.29) is 30.1 Å². The van der Waals surface area contributed by atoms with Crippen LogP contribution in [0, 0.1) is 13.8 Å². The standard InChI is InChI=1S/C24H31N3O6S/c1-16-8-6-9-22(17(16)2)33-19(4)24(30)26-25-23(29)10-7-15-27(5)34(31,32)21-13-11-20(12-14-21)18(3)28/h6,8-9,11-14,19H,7,10,15H2,1-5H3,(H,25,29)(H,26,30). The number of rotatable bonds is 10. The summed E-state index contributed by atoms with van der Waals surface area (Å²) < 4.78 is 32.1. The lowest BCUT2D eigenvalue weighted by Gasteiger charge is -2.18. The van der Waals surface area contributed by atoms with E-state index in [0.29, 0.717) is 11.3 Å². The number of hydrogen-bond donors (Lipinski definition) is 2. The zero-order valence-corrected chi connectivity index (χ0v) is 20.9. The number of carbonyl (C=O) groups excluding carboxylic acids is 3. The highest BCUT2D eigenvalue weighted by molar-refractivity contribution is 7.89. The van der Waals surface area contributed by atoms with Gasteiger partial charge >= 0.3 is 0 Å². The summed E-state index contributed by atoms with van der Waals surface area (Å²) >= 11 is 0. The van der Waals surface area contributed by atoms with Crippen molar-refractivity contribution in [3.63, 3.8) is 0 Å². The smallest absolute Gasteiger partial charge is 0.279 e. The number of ether oxygens (including phenoxy) is 1. The molecule has 2 amide bonds. The molecular formula is C24H31N3O6S. The molecule has 0 bridgehead atoms. The normalized spacial score (nSPS) is 12.2. The van der Waals surface area contributed by atoms with E-state index in [9.17, 15) is 22.8 Å². The predicted molar refractivity (Wildman–Crippen MR) is 128 cm³/mol. The molecule has 0 aliphatic carbocycles. The quantitative estimate of drug-likeness (QED) is 0.391. The van der Waals surface area contributed by atoms with Gasteiger partial charge in [-0.15, -0.1) is 0 Å². The summed E-state index contributed by atoms with van der Waals surface area (Å²) in [4.78, 5) is 35.7. The highest BCUT2D eigenvalue weighted by Gasteiger charge is 2.21. The predicted octanol–water partition coefficient (Wildman–Crippen LogP) is 2.52. The van der Waals surface area contributed by atoms with E-state index in [1.165, 1.54) is 38.2 Å². The van der Waals surface area contributed by atoms with Gasteiger partial charge in [0.2, 0.25) is 15.9 Å². The first kappa shape index (κ1) is 27.0. The number of benzene rings is 2. The maximum absolute atomic E-state index is 12.6. The second kappa shape index (κ2) is 11.8. The Kier molecular flexibility index (Phi) is 9.34. The minimum Gasteiger partial charge on any atom is -0.481 e. The van der Waals surface area contributed by atoms with Crippen molar-refractivity contribution < 1.29 is 27.5 Å². The van der Waals surface area contributed by atoms with Crippen LogP contribution < -0.4 is 15.6 Å². The lowest BCUT2D eigenvalue weighted by atomic mass is 10.1. The van der Waals surface area contributed by atoms with Gasteiger partial charge in [-0.05, 0) is 63.4 Å². The zero-order valence-electron chi connectivity index (χ0n) is 20.0. The lowest BCUT2D eigenvalue weighted by Crippen LogP contribution is -2.47. The summed E-state index contributed by atoms with van der Waals surface area (Å²) in [5, 5.41) is 0. The Morgan fingerprint density at radius 2 is 1.68 bits per heavy atom. The van der Waals surface area contributed by atoms with Crippen LogP contribution in [0.25, 0.3) is 0 Å². The number of Topliss-reactive ketones (excluding diaryl/α,β-unsaturated/α-hetero) is 1. The number of sulfonamides is 1. The van der Waals surface area contributed by atoms with Crippen LogP contribution in [0.1, 0.15) is 48.2 Å². The Balaban J connectivity index is 1.78. The number of aryl methyl sites for hydroxylation is 1. The fourth-order valence-corrected chi connectivity index (χ4v) is 4.22. The molecule has 0 aromatic heterocycles. The van der Waals surface area contributed by atoms with Crippen LogP contribution in [0.2, 0.25) is 0 Å². The van der Waals surface area contributed by atoms with Crippen LogP contribution in [-0.2, 0) is 19.6 Å². The molecule has 0 aliphatic rings. The van der Waals surface area contributed by atoms with Crippen LogP contribution in [0.15, 0.2) is 47.4 Å². The average molecular weight is 490 g/mol. The monoisotopic (exact) mass is 489 g/mol. The molecule has 10 heteroatoms. The van der Waals surface area contributed by atoms with Gasteiger partial charge in [-0.3, -0.25) is 25.2 Å². The Morgan fingerprint density at radius 1 is 1.03 bits per heavy atom. The van der Waals surface area contributed by atoms with Crippen molar-refractivity contribution in [2.24, 2.45) is 0 Å². The molecule has 9 nitrogen and oxygen atoms in total. The molecule has 1 unspecified atom stereocenters. The Hall–Kier alpha value is -3.24. The van der Waals surface area contributed by atoms with Gasteiger partial charge in [0.15, 0.2) is 11.9 Å². The SMILES string of the molecule is CC(=O)c1ccc(S(=O)(=O)N(C)CCCC(=O)NNC(=O)C(C)Oc2cccc(C)c2C)cc1. The Morgan fingerprint density at radius 3 is 2.29 bits per heavy atom. The topological polar surface area (TPSA) is 122 Å². The summed E-state index contributed by atoms with van der Waals surface area (Å²) in [5.41, 5.74) is 7.04. The van der Waals surface area contributed by atoms with E-state index < -0.39 is 27.9 Å². The minimum atomic E-state index is -3.75. The average Bonchev–Trinajstić information content (AvgIpc) is 2.80. The lowest BCUT2D eigenvalue weighted by molar-refractivity contribution is -0.132. The van der Waals surface area contributed by atoms with Gasteiger partial charge < -0.3 is 4.74 Å². The van der Waals surface area contributed by atoms with Gasteiger partial charge in [-0.2, -0.15) is 0 Å². The molecule has 0 aliphatic heterocycles.